The van der Waals surface area contributed by atoms with Crippen molar-refractivity contribution < 1.29 is 22.7 Å². The summed E-state index contributed by atoms with van der Waals surface area (Å²) in [4.78, 5) is 18.8. The number of hydrogen-bond donors (Lipinski definition) is 1. The molecule has 162 valence electrons. The Morgan fingerprint density at radius 2 is 1.86 bits per heavy atom. The molecule has 0 bridgehead atoms. The summed E-state index contributed by atoms with van der Waals surface area (Å²) in [5.74, 6) is -0.305. The minimum atomic E-state index is -4.46. The van der Waals surface area contributed by atoms with Crippen LogP contribution >= 0.6 is 0 Å². The first-order valence-corrected chi connectivity index (χ1v) is 9.96. The van der Waals surface area contributed by atoms with E-state index in [0.717, 1.165) is 38.1 Å². The van der Waals surface area contributed by atoms with Gasteiger partial charge >= 0.3 is 6.18 Å². The van der Waals surface area contributed by atoms with E-state index in [2.05, 4.69) is 17.3 Å². The average molecular weight is 414 g/mol. The predicted octanol–water partition coefficient (Wildman–Crippen LogP) is 2.51. The molecular weight excluding hydrogens is 385 g/mol. The van der Waals surface area contributed by atoms with E-state index >= 15 is 0 Å². The number of likely N-dealkylation sites (tertiary alicyclic amines) is 1. The summed E-state index contributed by atoms with van der Waals surface area (Å²) in [5, 5.41) is 2.73. The minimum Gasteiger partial charge on any atom is -0.378 e. The van der Waals surface area contributed by atoms with Crippen molar-refractivity contribution in [2.45, 2.75) is 25.1 Å². The lowest BCUT2D eigenvalue weighted by Gasteiger charge is -2.35. The fraction of sp³-hybridized carbons (Fsp3) is 0.650. The summed E-state index contributed by atoms with van der Waals surface area (Å²) < 4.78 is 44.9. The van der Waals surface area contributed by atoms with Gasteiger partial charge in [-0.15, -0.1) is 0 Å². The van der Waals surface area contributed by atoms with Crippen LogP contribution in [0.4, 0.5) is 24.5 Å². The van der Waals surface area contributed by atoms with Gasteiger partial charge < -0.3 is 19.9 Å². The van der Waals surface area contributed by atoms with Crippen LogP contribution in [0.1, 0.15) is 18.4 Å². The first-order chi connectivity index (χ1) is 13.7. The van der Waals surface area contributed by atoms with Gasteiger partial charge in [0.25, 0.3) is 0 Å². The molecule has 9 heteroatoms. The predicted molar refractivity (Wildman–Crippen MR) is 106 cm³/mol. The Balaban J connectivity index is 1.72. The number of benzene rings is 1. The lowest BCUT2D eigenvalue weighted by atomic mass is 10.0. The first-order valence-electron chi connectivity index (χ1n) is 9.96. The van der Waals surface area contributed by atoms with Gasteiger partial charge in [-0.25, -0.2) is 0 Å². The lowest BCUT2D eigenvalue weighted by Crippen LogP contribution is -2.44. The lowest BCUT2D eigenvalue weighted by molar-refractivity contribution is -0.137. The first kappa shape index (κ1) is 21.9. The normalized spacial score (nSPS) is 19.6. The monoisotopic (exact) mass is 414 g/mol. The number of anilines is 2. The topological polar surface area (TPSA) is 48.0 Å². The Morgan fingerprint density at radius 3 is 2.48 bits per heavy atom. The Hall–Kier alpha value is -1.84. The van der Waals surface area contributed by atoms with Gasteiger partial charge in [-0.3, -0.25) is 9.69 Å². The highest BCUT2D eigenvalue weighted by Crippen LogP contribution is 2.35. The van der Waals surface area contributed by atoms with Crippen molar-refractivity contribution in [1.82, 2.24) is 9.80 Å². The summed E-state index contributed by atoms with van der Waals surface area (Å²) in [6, 6.07) is 3.82. The fourth-order valence-corrected chi connectivity index (χ4v) is 3.87. The SMILES string of the molecule is CN1CCC(N(C)CC(=O)Nc2cc(C(F)(F)F)ccc2N2CCOCC2)CC1. The Bertz CT molecular complexity index is 699. The van der Waals surface area contributed by atoms with E-state index in [4.69, 9.17) is 4.74 Å². The number of alkyl halides is 3. The number of nitrogens with one attached hydrogen (secondary N) is 1. The Morgan fingerprint density at radius 1 is 1.21 bits per heavy atom. The van der Waals surface area contributed by atoms with Crippen LogP contribution < -0.4 is 10.2 Å². The second-order valence-corrected chi connectivity index (χ2v) is 7.83. The minimum absolute atomic E-state index is 0.146. The number of piperidine rings is 1. The van der Waals surface area contributed by atoms with Gasteiger partial charge in [0, 0.05) is 19.1 Å². The third-order valence-electron chi connectivity index (χ3n) is 5.65. The van der Waals surface area contributed by atoms with Crippen LogP contribution in [0.2, 0.25) is 0 Å². The highest BCUT2D eigenvalue weighted by molar-refractivity contribution is 5.95. The maximum Gasteiger partial charge on any atom is 0.416 e. The smallest absolute Gasteiger partial charge is 0.378 e. The molecule has 0 aromatic heterocycles. The second-order valence-electron chi connectivity index (χ2n) is 7.83. The van der Waals surface area contributed by atoms with Crippen molar-refractivity contribution in [3.63, 3.8) is 0 Å². The molecule has 6 nitrogen and oxygen atoms in total. The molecule has 0 atom stereocenters. The van der Waals surface area contributed by atoms with Gasteiger partial charge in [0.2, 0.25) is 5.91 Å². The number of carbonyl (C=O) groups is 1. The quantitative estimate of drug-likeness (QED) is 0.803. The maximum atomic E-state index is 13.2. The van der Waals surface area contributed by atoms with Crippen molar-refractivity contribution in [2.75, 3.05) is 70.2 Å². The van der Waals surface area contributed by atoms with Crippen molar-refractivity contribution in [1.29, 1.82) is 0 Å². The van der Waals surface area contributed by atoms with Gasteiger partial charge in [0.05, 0.1) is 36.7 Å². The fourth-order valence-electron chi connectivity index (χ4n) is 3.87. The molecule has 29 heavy (non-hydrogen) atoms. The molecule has 0 aliphatic carbocycles. The second kappa shape index (κ2) is 9.32. The summed E-state index contributed by atoms with van der Waals surface area (Å²) in [6.07, 6.45) is -2.51. The molecule has 1 aromatic rings. The molecule has 2 saturated heterocycles. The number of amides is 1. The molecule has 0 spiro atoms. The van der Waals surface area contributed by atoms with E-state index in [1.807, 2.05) is 16.8 Å². The average Bonchev–Trinajstić information content (AvgIpc) is 2.68. The molecular formula is C20H29F3N4O2. The number of carbonyl (C=O) groups excluding carboxylic acids is 1. The van der Waals surface area contributed by atoms with Crippen LogP contribution in [0.25, 0.3) is 0 Å². The van der Waals surface area contributed by atoms with E-state index in [-0.39, 0.29) is 18.1 Å². The number of hydrogen-bond acceptors (Lipinski definition) is 5. The molecule has 1 amide bonds. The van der Waals surface area contributed by atoms with Crippen LogP contribution in [-0.2, 0) is 15.7 Å². The van der Waals surface area contributed by atoms with Crippen molar-refractivity contribution >= 4 is 17.3 Å². The summed E-state index contributed by atoms with van der Waals surface area (Å²) in [7, 11) is 3.97. The van der Waals surface area contributed by atoms with E-state index in [9.17, 15) is 18.0 Å². The third-order valence-corrected chi connectivity index (χ3v) is 5.65. The van der Waals surface area contributed by atoms with Crippen LogP contribution in [0.5, 0.6) is 0 Å². The van der Waals surface area contributed by atoms with Gasteiger partial charge in [-0.2, -0.15) is 13.2 Å². The van der Waals surface area contributed by atoms with E-state index < -0.39 is 11.7 Å². The highest BCUT2D eigenvalue weighted by Gasteiger charge is 2.32. The molecule has 0 radical (unpaired) electrons. The molecule has 2 fully saturated rings. The van der Waals surface area contributed by atoms with E-state index in [1.54, 1.807) is 0 Å². The summed E-state index contributed by atoms with van der Waals surface area (Å²) in [5.41, 5.74) is 0.0218. The highest BCUT2D eigenvalue weighted by atomic mass is 19.4. The van der Waals surface area contributed by atoms with Crippen molar-refractivity contribution in [3.05, 3.63) is 23.8 Å². The van der Waals surface area contributed by atoms with Crippen molar-refractivity contribution in [2.24, 2.45) is 0 Å². The number of halogens is 3. The number of ether oxygens (including phenoxy) is 1. The zero-order valence-electron chi connectivity index (χ0n) is 17.0. The van der Waals surface area contributed by atoms with Gasteiger partial charge in [0.1, 0.15) is 0 Å². The summed E-state index contributed by atoms with van der Waals surface area (Å²) >= 11 is 0. The van der Waals surface area contributed by atoms with Gasteiger partial charge in [-0.05, 0) is 58.2 Å². The number of likely N-dealkylation sites (N-methyl/N-ethyl adjacent to an activating group) is 1. The van der Waals surface area contributed by atoms with Crippen LogP contribution in [0.15, 0.2) is 18.2 Å². The van der Waals surface area contributed by atoms with Crippen LogP contribution in [-0.4, -0.2) is 81.8 Å². The van der Waals surface area contributed by atoms with Crippen LogP contribution in [0.3, 0.4) is 0 Å². The summed E-state index contributed by atoms with van der Waals surface area (Å²) in [6.45, 7) is 4.26. The van der Waals surface area contributed by atoms with Crippen molar-refractivity contribution in [3.8, 4) is 0 Å². The molecule has 3 rings (SSSR count). The third kappa shape index (κ3) is 5.83. The molecule has 2 aliphatic heterocycles. The number of nitrogens with zero attached hydrogens (tertiary/aromatic N) is 3. The Labute approximate surface area is 169 Å². The molecule has 0 saturated carbocycles. The molecule has 2 aliphatic rings. The number of morpholine rings is 1. The van der Waals surface area contributed by atoms with Gasteiger partial charge in [-0.1, -0.05) is 0 Å². The number of rotatable bonds is 5. The van der Waals surface area contributed by atoms with E-state index in [1.165, 1.54) is 6.07 Å². The largest absolute Gasteiger partial charge is 0.416 e. The zero-order valence-corrected chi connectivity index (χ0v) is 17.0. The van der Waals surface area contributed by atoms with E-state index in [0.29, 0.717) is 38.0 Å². The standard InChI is InChI=1S/C20H29F3N4O2/c1-25-7-5-16(6-8-25)26(2)14-19(28)24-17-13-15(20(21,22)23)3-4-18(17)27-9-11-29-12-10-27/h3-4,13,16H,5-12,14H2,1-2H3,(H,24,28). The van der Waals surface area contributed by atoms with Crippen LogP contribution in [0, 0.1) is 0 Å². The maximum absolute atomic E-state index is 13.2. The van der Waals surface area contributed by atoms with Gasteiger partial charge in [0.15, 0.2) is 0 Å². The molecule has 2 heterocycles. The molecule has 0 unspecified atom stereocenters. The molecule has 1 N–H and O–H groups in total. The Kier molecular flexibility index (Phi) is 7.02. The molecule has 1 aromatic carbocycles. The zero-order chi connectivity index (χ0) is 21.0.